The number of hydrogen-bond acceptors (Lipinski definition) is 6. The molecule has 4 aromatic rings. The fourth-order valence-electron chi connectivity index (χ4n) is 4.62. The van der Waals surface area contributed by atoms with Gasteiger partial charge in [-0.15, -0.1) is 0 Å². The van der Waals surface area contributed by atoms with Gasteiger partial charge in [0.15, 0.2) is 4.83 Å². The molecule has 2 aromatic heterocycles. The average molecular weight is 518 g/mol. The first-order valence-corrected chi connectivity index (χ1v) is 13.5. The topological polar surface area (TPSA) is 71.3 Å². The maximum Gasteiger partial charge on any atom is 0.264 e. The second kappa shape index (κ2) is 11.8. The summed E-state index contributed by atoms with van der Waals surface area (Å²) in [5, 5.41) is 0.559. The SMILES string of the molecule is CCC(c1nc2snc(C)c2c(=O)n1Cc1ccccc1)N(CCCN(C)C)C(=O)c1ccc(C)cc1. The van der Waals surface area contributed by atoms with Crippen LogP contribution in [0.2, 0.25) is 0 Å². The molecule has 37 heavy (non-hydrogen) atoms. The number of aryl methyl sites for hydroxylation is 2. The van der Waals surface area contributed by atoms with Crippen molar-refractivity contribution in [3.8, 4) is 0 Å². The summed E-state index contributed by atoms with van der Waals surface area (Å²) in [4.78, 5) is 37.4. The van der Waals surface area contributed by atoms with E-state index in [1.807, 2.05) is 94.4 Å². The molecule has 1 amide bonds. The fraction of sp³-hybridized carbons (Fsp3) is 0.379. The number of nitrogens with zero attached hydrogens (tertiary/aromatic N) is 5. The van der Waals surface area contributed by atoms with E-state index in [1.54, 1.807) is 4.57 Å². The van der Waals surface area contributed by atoms with Gasteiger partial charge in [0.1, 0.15) is 5.82 Å². The molecule has 1 unspecified atom stereocenters. The molecule has 0 aliphatic heterocycles. The molecule has 0 N–H and O–H groups in total. The summed E-state index contributed by atoms with van der Waals surface area (Å²) in [7, 11) is 4.06. The van der Waals surface area contributed by atoms with Crippen LogP contribution in [-0.4, -0.2) is 56.8 Å². The first kappa shape index (κ1) is 26.7. The molecule has 0 spiro atoms. The van der Waals surface area contributed by atoms with Crippen LogP contribution in [0.25, 0.3) is 10.2 Å². The van der Waals surface area contributed by atoms with Crippen molar-refractivity contribution in [2.24, 2.45) is 0 Å². The fourth-order valence-corrected chi connectivity index (χ4v) is 5.39. The number of fused-ring (bicyclic) bond motifs is 1. The molecule has 7 nitrogen and oxygen atoms in total. The van der Waals surface area contributed by atoms with Crippen LogP contribution in [0.3, 0.4) is 0 Å². The second-order valence-corrected chi connectivity index (χ2v) is 10.5. The van der Waals surface area contributed by atoms with Crippen molar-refractivity contribution >= 4 is 27.7 Å². The zero-order valence-corrected chi connectivity index (χ0v) is 23.1. The van der Waals surface area contributed by atoms with Gasteiger partial charge < -0.3 is 9.80 Å². The first-order valence-electron chi connectivity index (χ1n) is 12.7. The molecule has 0 aliphatic rings. The number of carbonyl (C=O) groups is 1. The maximum atomic E-state index is 13.9. The van der Waals surface area contributed by atoms with Gasteiger partial charge >= 0.3 is 0 Å². The Hall–Kier alpha value is -3.36. The van der Waals surface area contributed by atoms with Crippen LogP contribution in [0, 0.1) is 13.8 Å². The van der Waals surface area contributed by atoms with Crippen molar-refractivity contribution in [3.05, 3.63) is 93.2 Å². The standard InChI is InChI=1S/C29H35N5O2S/c1-6-24(33(18-10-17-32(4)5)28(35)23-15-13-20(2)14-16-23)26-30-27-25(21(3)31-37-27)29(36)34(26)19-22-11-8-7-9-12-22/h7-9,11-16,24H,6,10,17-19H2,1-5H3. The minimum atomic E-state index is -0.362. The molecule has 2 aromatic carbocycles. The third-order valence-electron chi connectivity index (χ3n) is 6.60. The summed E-state index contributed by atoms with van der Waals surface area (Å²) in [6, 6.07) is 17.2. The van der Waals surface area contributed by atoms with E-state index in [1.165, 1.54) is 11.5 Å². The van der Waals surface area contributed by atoms with Gasteiger partial charge in [-0.1, -0.05) is 55.0 Å². The van der Waals surface area contributed by atoms with E-state index in [0.717, 1.165) is 24.1 Å². The van der Waals surface area contributed by atoms with Crippen LogP contribution in [0.5, 0.6) is 0 Å². The molecule has 0 saturated carbocycles. The minimum Gasteiger partial charge on any atom is -0.328 e. The summed E-state index contributed by atoms with van der Waals surface area (Å²) in [5.74, 6) is 0.560. The van der Waals surface area contributed by atoms with Gasteiger partial charge in [0.25, 0.3) is 11.5 Å². The predicted octanol–water partition coefficient (Wildman–Crippen LogP) is 5.06. The summed E-state index contributed by atoms with van der Waals surface area (Å²) in [6.07, 6.45) is 1.44. The summed E-state index contributed by atoms with van der Waals surface area (Å²) >= 11 is 1.24. The molecule has 0 saturated heterocycles. The Morgan fingerprint density at radius 2 is 1.73 bits per heavy atom. The van der Waals surface area contributed by atoms with Gasteiger partial charge in [-0.2, -0.15) is 4.37 Å². The number of amides is 1. The average Bonchev–Trinajstić information content (AvgIpc) is 3.26. The van der Waals surface area contributed by atoms with E-state index in [0.29, 0.717) is 46.8 Å². The van der Waals surface area contributed by atoms with Gasteiger partial charge in [0.2, 0.25) is 0 Å². The molecule has 0 radical (unpaired) electrons. The Kier molecular flexibility index (Phi) is 8.51. The molecule has 8 heteroatoms. The highest BCUT2D eigenvalue weighted by atomic mass is 32.1. The van der Waals surface area contributed by atoms with E-state index in [4.69, 9.17) is 4.98 Å². The highest BCUT2D eigenvalue weighted by molar-refractivity contribution is 7.12. The smallest absolute Gasteiger partial charge is 0.264 e. The normalized spacial score (nSPS) is 12.3. The lowest BCUT2D eigenvalue weighted by atomic mass is 10.1. The van der Waals surface area contributed by atoms with Crippen molar-refractivity contribution in [1.82, 2.24) is 23.7 Å². The Bertz CT molecular complexity index is 1410. The molecule has 0 bridgehead atoms. The van der Waals surface area contributed by atoms with E-state index in [2.05, 4.69) is 9.27 Å². The maximum absolute atomic E-state index is 13.9. The number of rotatable bonds is 10. The zero-order chi connectivity index (χ0) is 26.5. The van der Waals surface area contributed by atoms with Crippen molar-refractivity contribution < 1.29 is 4.79 Å². The van der Waals surface area contributed by atoms with Crippen LogP contribution < -0.4 is 5.56 Å². The minimum absolute atomic E-state index is 0.0494. The van der Waals surface area contributed by atoms with Crippen LogP contribution in [0.15, 0.2) is 59.4 Å². The lowest BCUT2D eigenvalue weighted by molar-refractivity contribution is 0.0649. The van der Waals surface area contributed by atoms with Gasteiger partial charge in [-0.05, 0) is 76.6 Å². The monoisotopic (exact) mass is 517 g/mol. The summed E-state index contributed by atoms with van der Waals surface area (Å²) in [5.41, 5.74) is 3.33. The van der Waals surface area contributed by atoms with Crippen LogP contribution in [-0.2, 0) is 6.54 Å². The van der Waals surface area contributed by atoms with Crippen molar-refractivity contribution in [2.45, 2.75) is 46.2 Å². The molecule has 194 valence electrons. The summed E-state index contributed by atoms with van der Waals surface area (Å²) < 4.78 is 6.16. The molecule has 1 atom stereocenters. The van der Waals surface area contributed by atoms with Gasteiger partial charge in [-0.25, -0.2) is 4.98 Å². The number of hydrogen-bond donors (Lipinski definition) is 0. The summed E-state index contributed by atoms with van der Waals surface area (Å²) in [6.45, 7) is 7.70. The Morgan fingerprint density at radius 1 is 1.03 bits per heavy atom. The van der Waals surface area contributed by atoms with Crippen molar-refractivity contribution in [3.63, 3.8) is 0 Å². The molecule has 2 heterocycles. The highest BCUT2D eigenvalue weighted by Crippen LogP contribution is 2.28. The molecular weight excluding hydrogens is 482 g/mol. The largest absolute Gasteiger partial charge is 0.328 e. The predicted molar refractivity (Wildman–Crippen MR) is 150 cm³/mol. The van der Waals surface area contributed by atoms with E-state index < -0.39 is 0 Å². The lowest BCUT2D eigenvalue weighted by Gasteiger charge is -2.33. The van der Waals surface area contributed by atoms with Crippen molar-refractivity contribution in [2.75, 3.05) is 27.2 Å². The molecule has 0 aliphatic carbocycles. The highest BCUT2D eigenvalue weighted by Gasteiger charge is 2.30. The Morgan fingerprint density at radius 3 is 2.38 bits per heavy atom. The third kappa shape index (κ3) is 5.97. The van der Waals surface area contributed by atoms with Gasteiger partial charge in [-0.3, -0.25) is 14.2 Å². The van der Waals surface area contributed by atoms with Crippen LogP contribution >= 0.6 is 11.5 Å². The molecule has 4 rings (SSSR count). The number of benzene rings is 2. The molecule has 0 fully saturated rings. The Labute approximate surface area is 222 Å². The van der Waals surface area contributed by atoms with Crippen LogP contribution in [0.4, 0.5) is 0 Å². The quantitative estimate of drug-likeness (QED) is 0.294. The van der Waals surface area contributed by atoms with E-state index in [9.17, 15) is 9.59 Å². The third-order valence-corrected chi connectivity index (χ3v) is 7.44. The van der Waals surface area contributed by atoms with E-state index >= 15 is 0 Å². The van der Waals surface area contributed by atoms with E-state index in [-0.39, 0.29) is 17.5 Å². The number of aromatic nitrogens is 3. The molecular formula is C29H35N5O2S. The second-order valence-electron chi connectivity index (χ2n) is 9.74. The zero-order valence-electron chi connectivity index (χ0n) is 22.3. The lowest BCUT2D eigenvalue weighted by Crippen LogP contribution is -2.40. The Balaban J connectivity index is 1.84. The first-order chi connectivity index (χ1) is 17.8. The van der Waals surface area contributed by atoms with Gasteiger partial charge in [0, 0.05) is 12.1 Å². The van der Waals surface area contributed by atoms with Crippen LogP contribution in [0.1, 0.15) is 58.8 Å². The number of carbonyl (C=O) groups excluding carboxylic acids is 1. The van der Waals surface area contributed by atoms with Gasteiger partial charge in [0.05, 0.1) is 23.7 Å². The van der Waals surface area contributed by atoms with Crippen molar-refractivity contribution in [1.29, 1.82) is 0 Å².